The molecule has 3 N–H and O–H groups in total. The molecule has 0 aliphatic heterocycles. The third-order valence-electron chi connectivity index (χ3n) is 2.43. The van der Waals surface area contributed by atoms with Gasteiger partial charge in [0.15, 0.2) is 5.82 Å². The van der Waals surface area contributed by atoms with Gasteiger partial charge in [-0.2, -0.15) is 0 Å². The summed E-state index contributed by atoms with van der Waals surface area (Å²) in [6, 6.07) is 1.71. The van der Waals surface area contributed by atoms with Crippen LogP contribution >= 0.6 is 0 Å². The largest absolute Gasteiger partial charge is 0.477 e. The molecule has 0 aliphatic rings. The molecule has 17 heavy (non-hydrogen) atoms. The van der Waals surface area contributed by atoms with Crippen LogP contribution in [0.1, 0.15) is 21.8 Å². The Kier molecular flexibility index (Phi) is 2.55. The van der Waals surface area contributed by atoms with Gasteiger partial charge < -0.3 is 15.3 Å². The van der Waals surface area contributed by atoms with Gasteiger partial charge in [0.05, 0.1) is 17.5 Å². The number of rotatable bonds is 2. The van der Waals surface area contributed by atoms with Crippen molar-refractivity contribution in [3.8, 4) is 11.4 Å². The lowest BCUT2D eigenvalue weighted by atomic mass is 10.2. The zero-order chi connectivity index (χ0) is 12.6. The predicted octanol–water partition coefficient (Wildman–Crippen LogP) is 1.63. The van der Waals surface area contributed by atoms with Crippen molar-refractivity contribution < 1.29 is 14.3 Å². The number of carbonyl (C=O) groups is 1. The molecular weight excluding hydrogens is 222 g/mol. The second-order valence-electron chi connectivity index (χ2n) is 3.59. The Labute approximate surface area is 97.1 Å². The molecule has 6 nitrogen and oxygen atoms in total. The lowest BCUT2D eigenvalue weighted by molar-refractivity contribution is 0.0696. The zero-order valence-corrected chi connectivity index (χ0v) is 9.39. The van der Waals surface area contributed by atoms with Crippen molar-refractivity contribution in [2.45, 2.75) is 13.8 Å². The minimum absolute atomic E-state index is 0.0411. The molecule has 0 saturated carbocycles. The van der Waals surface area contributed by atoms with E-state index in [4.69, 9.17) is 15.3 Å². The first-order valence-corrected chi connectivity index (χ1v) is 4.92. The number of aryl methyl sites for hydroxylation is 2. The zero-order valence-electron chi connectivity index (χ0n) is 9.39. The van der Waals surface area contributed by atoms with Crippen LogP contribution in [0.15, 0.2) is 16.7 Å². The Bertz CT molecular complexity index is 566. The van der Waals surface area contributed by atoms with Crippen LogP contribution in [0.4, 0.5) is 5.82 Å². The summed E-state index contributed by atoms with van der Waals surface area (Å²) in [5, 5.41) is 8.94. The van der Waals surface area contributed by atoms with Crippen LogP contribution < -0.4 is 5.73 Å². The minimum atomic E-state index is -1.13. The van der Waals surface area contributed by atoms with Gasteiger partial charge in [0, 0.05) is 0 Å². The van der Waals surface area contributed by atoms with E-state index >= 15 is 0 Å². The fraction of sp³-hybridized carbons (Fsp3) is 0.182. The highest BCUT2D eigenvalue weighted by molar-refractivity contribution is 5.94. The first kappa shape index (κ1) is 11.1. The van der Waals surface area contributed by atoms with Crippen molar-refractivity contribution in [2.24, 2.45) is 0 Å². The van der Waals surface area contributed by atoms with Crippen molar-refractivity contribution >= 4 is 11.8 Å². The summed E-state index contributed by atoms with van der Waals surface area (Å²) < 4.78 is 5.14. The van der Waals surface area contributed by atoms with E-state index in [9.17, 15) is 4.79 Å². The van der Waals surface area contributed by atoms with Gasteiger partial charge in [0.1, 0.15) is 17.1 Å². The molecule has 0 aliphatic carbocycles. The molecular formula is C11H11N3O3. The molecule has 2 heterocycles. The van der Waals surface area contributed by atoms with Gasteiger partial charge >= 0.3 is 5.97 Å². The third-order valence-corrected chi connectivity index (χ3v) is 2.43. The molecule has 0 unspecified atom stereocenters. The van der Waals surface area contributed by atoms with Crippen LogP contribution in [-0.2, 0) is 0 Å². The SMILES string of the molecule is Cc1nc(-c2ccoc2C)nc(N)c1C(=O)O. The van der Waals surface area contributed by atoms with Crippen molar-refractivity contribution in [1.29, 1.82) is 0 Å². The quantitative estimate of drug-likeness (QED) is 0.817. The molecule has 2 rings (SSSR count). The minimum Gasteiger partial charge on any atom is -0.477 e. The van der Waals surface area contributed by atoms with Crippen molar-refractivity contribution in [2.75, 3.05) is 5.73 Å². The Morgan fingerprint density at radius 1 is 1.41 bits per heavy atom. The van der Waals surface area contributed by atoms with Gasteiger partial charge in [0.25, 0.3) is 0 Å². The lowest BCUT2D eigenvalue weighted by Gasteiger charge is -2.06. The van der Waals surface area contributed by atoms with Crippen molar-refractivity contribution in [1.82, 2.24) is 9.97 Å². The van der Waals surface area contributed by atoms with Gasteiger partial charge in [-0.25, -0.2) is 14.8 Å². The van der Waals surface area contributed by atoms with Crippen LogP contribution in [0, 0.1) is 13.8 Å². The predicted molar refractivity (Wildman–Crippen MR) is 60.6 cm³/mol. The summed E-state index contributed by atoms with van der Waals surface area (Å²) in [6.07, 6.45) is 1.52. The van der Waals surface area contributed by atoms with Gasteiger partial charge in [-0.05, 0) is 19.9 Å². The van der Waals surface area contributed by atoms with E-state index in [1.807, 2.05) is 0 Å². The number of carboxylic acids is 1. The summed E-state index contributed by atoms with van der Waals surface area (Å²) in [5.74, 6) is -0.140. The molecule has 0 spiro atoms. The normalized spacial score (nSPS) is 10.5. The number of nitrogen functional groups attached to an aromatic ring is 1. The summed E-state index contributed by atoms with van der Waals surface area (Å²) >= 11 is 0. The summed E-state index contributed by atoms with van der Waals surface area (Å²) in [4.78, 5) is 19.0. The maximum absolute atomic E-state index is 10.9. The van der Waals surface area contributed by atoms with Crippen LogP contribution in [0.3, 0.4) is 0 Å². The maximum atomic E-state index is 10.9. The number of furan rings is 1. The number of carboxylic acid groups (broad SMARTS) is 1. The van der Waals surface area contributed by atoms with E-state index in [2.05, 4.69) is 9.97 Å². The van der Waals surface area contributed by atoms with Crippen molar-refractivity contribution in [3.63, 3.8) is 0 Å². The van der Waals surface area contributed by atoms with Gasteiger partial charge in [-0.15, -0.1) is 0 Å². The number of nitrogens with zero attached hydrogens (tertiary/aromatic N) is 2. The number of aromatic carboxylic acids is 1. The molecule has 88 valence electrons. The van der Waals surface area contributed by atoms with Crippen LogP contribution in [-0.4, -0.2) is 21.0 Å². The molecule has 0 saturated heterocycles. The number of anilines is 1. The van der Waals surface area contributed by atoms with E-state index < -0.39 is 5.97 Å². The number of nitrogens with two attached hydrogens (primary N) is 1. The van der Waals surface area contributed by atoms with Crippen LogP contribution in [0.5, 0.6) is 0 Å². The van der Waals surface area contributed by atoms with E-state index in [-0.39, 0.29) is 11.4 Å². The second-order valence-corrected chi connectivity index (χ2v) is 3.59. The molecule has 2 aromatic heterocycles. The van der Waals surface area contributed by atoms with E-state index in [1.54, 1.807) is 19.9 Å². The fourth-order valence-corrected chi connectivity index (χ4v) is 1.60. The molecule has 0 aromatic carbocycles. The van der Waals surface area contributed by atoms with Gasteiger partial charge in [0.2, 0.25) is 0 Å². The fourth-order valence-electron chi connectivity index (χ4n) is 1.60. The number of hydrogen-bond acceptors (Lipinski definition) is 5. The van der Waals surface area contributed by atoms with Crippen LogP contribution in [0.2, 0.25) is 0 Å². The molecule has 6 heteroatoms. The second kappa shape index (κ2) is 3.89. The third kappa shape index (κ3) is 1.84. The highest BCUT2D eigenvalue weighted by Gasteiger charge is 2.17. The molecule has 0 radical (unpaired) electrons. The maximum Gasteiger partial charge on any atom is 0.341 e. The molecule has 0 atom stereocenters. The highest BCUT2D eigenvalue weighted by atomic mass is 16.4. The Morgan fingerprint density at radius 2 is 2.12 bits per heavy atom. The standard InChI is InChI=1S/C11H11N3O3/c1-5-8(11(15)16)9(12)14-10(13-5)7-3-4-17-6(7)2/h3-4H,1-2H3,(H,15,16)(H2,12,13,14). The molecule has 2 aromatic rings. The number of hydrogen-bond donors (Lipinski definition) is 2. The summed E-state index contributed by atoms with van der Waals surface area (Å²) in [5.41, 5.74) is 6.60. The smallest absolute Gasteiger partial charge is 0.341 e. The first-order valence-electron chi connectivity index (χ1n) is 4.92. The van der Waals surface area contributed by atoms with Crippen molar-refractivity contribution in [3.05, 3.63) is 29.3 Å². The average molecular weight is 233 g/mol. The lowest BCUT2D eigenvalue weighted by Crippen LogP contribution is -2.10. The molecule has 0 amide bonds. The Morgan fingerprint density at radius 3 is 2.59 bits per heavy atom. The molecule has 0 fully saturated rings. The first-order chi connectivity index (χ1) is 8.00. The van der Waals surface area contributed by atoms with Crippen LogP contribution in [0.25, 0.3) is 11.4 Å². The Hall–Kier alpha value is -2.37. The van der Waals surface area contributed by atoms with E-state index in [0.29, 0.717) is 22.8 Å². The van der Waals surface area contributed by atoms with E-state index in [0.717, 1.165) is 0 Å². The monoisotopic (exact) mass is 233 g/mol. The number of aromatic nitrogens is 2. The van der Waals surface area contributed by atoms with Gasteiger partial charge in [-0.1, -0.05) is 0 Å². The summed E-state index contributed by atoms with van der Waals surface area (Å²) in [6.45, 7) is 3.36. The van der Waals surface area contributed by atoms with Gasteiger partial charge in [-0.3, -0.25) is 0 Å². The topological polar surface area (TPSA) is 102 Å². The van der Waals surface area contributed by atoms with E-state index in [1.165, 1.54) is 6.26 Å². The average Bonchev–Trinajstić information content (AvgIpc) is 2.62. The highest BCUT2D eigenvalue weighted by Crippen LogP contribution is 2.23. The Balaban J connectivity index is 2.61. The molecule has 0 bridgehead atoms. The summed E-state index contributed by atoms with van der Waals surface area (Å²) in [7, 11) is 0.